The van der Waals surface area contributed by atoms with Gasteiger partial charge in [-0.15, -0.1) is 0 Å². The zero-order valence-corrected chi connectivity index (χ0v) is 15.3. The first-order valence-corrected chi connectivity index (χ1v) is 9.26. The zero-order chi connectivity index (χ0) is 16.5. The van der Waals surface area contributed by atoms with E-state index in [4.69, 9.17) is 4.74 Å². The van der Waals surface area contributed by atoms with Gasteiger partial charge in [-0.2, -0.15) is 5.10 Å². The van der Waals surface area contributed by atoms with E-state index in [2.05, 4.69) is 47.8 Å². The Balaban J connectivity index is 1.57. The number of hydrogen-bond donors (Lipinski definition) is 0. The number of hydrogen-bond acceptors (Lipinski definition) is 3. The van der Waals surface area contributed by atoms with Gasteiger partial charge in [0.1, 0.15) is 0 Å². The third-order valence-corrected chi connectivity index (χ3v) is 5.98. The number of nitrogens with zero attached hydrogens (tertiary/aromatic N) is 3. The van der Waals surface area contributed by atoms with Crippen molar-refractivity contribution < 1.29 is 4.74 Å². The van der Waals surface area contributed by atoms with Gasteiger partial charge in [-0.1, -0.05) is 13.8 Å². The maximum atomic E-state index is 5.79. The first kappa shape index (κ1) is 17.0. The minimum atomic E-state index is 0.157. The second kappa shape index (κ2) is 6.56. The Hall–Kier alpha value is -0.870. The Kier molecular flexibility index (Phi) is 4.84. The third kappa shape index (κ3) is 3.63. The molecule has 1 aromatic rings. The molecule has 0 aromatic carbocycles. The summed E-state index contributed by atoms with van der Waals surface area (Å²) in [5, 5.41) is 4.68. The molecule has 3 rings (SSSR count). The molecule has 1 saturated carbocycles. The summed E-state index contributed by atoms with van der Waals surface area (Å²) in [4.78, 5) is 2.60. The number of rotatable bonds is 6. The zero-order valence-electron chi connectivity index (χ0n) is 15.3. The highest BCUT2D eigenvalue weighted by Crippen LogP contribution is 2.37. The van der Waals surface area contributed by atoms with Crippen molar-refractivity contribution in [2.24, 2.45) is 5.92 Å². The second-order valence-corrected chi connectivity index (χ2v) is 8.40. The molecule has 1 aliphatic carbocycles. The lowest BCUT2D eigenvalue weighted by atomic mass is 9.78. The van der Waals surface area contributed by atoms with Crippen molar-refractivity contribution in [2.45, 2.75) is 70.4 Å². The number of methoxy groups -OCH3 is 1. The molecule has 0 N–H and O–H groups in total. The quantitative estimate of drug-likeness (QED) is 0.804. The molecule has 0 atom stereocenters. The molecule has 2 fully saturated rings. The van der Waals surface area contributed by atoms with Crippen LogP contribution in [-0.4, -0.2) is 47.0 Å². The molecule has 2 heterocycles. The number of ether oxygens (including phenoxy) is 1. The predicted octanol–water partition coefficient (Wildman–Crippen LogP) is 3.46. The number of likely N-dealkylation sites (tertiary alicyclic amines) is 1. The summed E-state index contributed by atoms with van der Waals surface area (Å²) < 4.78 is 8.03. The number of piperidine rings is 1. The highest BCUT2D eigenvalue weighted by Gasteiger charge is 2.41. The van der Waals surface area contributed by atoms with Crippen LogP contribution in [0.4, 0.5) is 0 Å². The molecule has 23 heavy (non-hydrogen) atoms. The summed E-state index contributed by atoms with van der Waals surface area (Å²) in [5.74, 6) is 0.690. The molecule has 0 unspecified atom stereocenters. The average Bonchev–Trinajstić information content (AvgIpc) is 2.93. The van der Waals surface area contributed by atoms with Crippen molar-refractivity contribution in [1.82, 2.24) is 14.7 Å². The highest BCUT2D eigenvalue weighted by molar-refractivity contribution is 5.07. The number of aromatic nitrogens is 2. The van der Waals surface area contributed by atoms with Crippen molar-refractivity contribution in [2.75, 3.05) is 26.7 Å². The van der Waals surface area contributed by atoms with Crippen LogP contribution in [0.25, 0.3) is 0 Å². The van der Waals surface area contributed by atoms with Crippen LogP contribution in [0.2, 0.25) is 0 Å². The fourth-order valence-electron chi connectivity index (χ4n) is 4.06. The van der Waals surface area contributed by atoms with Gasteiger partial charge in [0.2, 0.25) is 0 Å². The van der Waals surface area contributed by atoms with Gasteiger partial charge in [0.25, 0.3) is 0 Å². The molecule has 4 heteroatoms. The van der Waals surface area contributed by atoms with Crippen LogP contribution < -0.4 is 0 Å². The second-order valence-electron chi connectivity index (χ2n) is 8.40. The van der Waals surface area contributed by atoms with Crippen LogP contribution in [0.3, 0.4) is 0 Å². The molecular weight excluding hydrogens is 286 g/mol. The van der Waals surface area contributed by atoms with E-state index in [0.29, 0.717) is 5.92 Å². The SMILES string of the molecule is COC1(CN2CCC(C)(n3cc(CC(C)C)cn3)CC2)CCC1. The fraction of sp³-hybridized carbons (Fsp3) is 0.842. The van der Waals surface area contributed by atoms with Crippen molar-refractivity contribution >= 4 is 0 Å². The lowest BCUT2D eigenvalue weighted by molar-refractivity contribution is -0.0971. The molecule has 1 aliphatic heterocycles. The van der Waals surface area contributed by atoms with Gasteiger partial charge in [-0.05, 0) is 56.9 Å². The topological polar surface area (TPSA) is 30.3 Å². The summed E-state index contributed by atoms with van der Waals surface area (Å²) >= 11 is 0. The van der Waals surface area contributed by atoms with E-state index in [9.17, 15) is 0 Å². The molecule has 0 bridgehead atoms. The largest absolute Gasteiger partial charge is 0.377 e. The molecule has 0 spiro atoms. The molecule has 1 aromatic heterocycles. The van der Waals surface area contributed by atoms with Gasteiger partial charge >= 0.3 is 0 Å². The van der Waals surface area contributed by atoms with Crippen molar-refractivity contribution in [3.05, 3.63) is 18.0 Å². The van der Waals surface area contributed by atoms with Gasteiger partial charge in [0.05, 0.1) is 17.3 Å². The minimum absolute atomic E-state index is 0.157. The van der Waals surface area contributed by atoms with E-state index in [1.165, 1.54) is 37.7 Å². The van der Waals surface area contributed by atoms with Gasteiger partial charge in [0.15, 0.2) is 0 Å². The van der Waals surface area contributed by atoms with Gasteiger partial charge in [0, 0.05) is 32.9 Å². The van der Waals surface area contributed by atoms with E-state index in [0.717, 1.165) is 26.1 Å². The monoisotopic (exact) mass is 319 g/mol. The van der Waals surface area contributed by atoms with Gasteiger partial charge in [-0.3, -0.25) is 4.68 Å². The minimum Gasteiger partial charge on any atom is -0.377 e. The Morgan fingerprint density at radius 3 is 2.43 bits per heavy atom. The Labute approximate surface area is 141 Å². The summed E-state index contributed by atoms with van der Waals surface area (Å²) in [6, 6.07) is 0. The molecule has 0 radical (unpaired) electrons. The van der Waals surface area contributed by atoms with Crippen LogP contribution in [0.15, 0.2) is 12.4 Å². The molecular formula is C19H33N3O. The van der Waals surface area contributed by atoms with Crippen LogP contribution in [0, 0.1) is 5.92 Å². The van der Waals surface area contributed by atoms with Crippen LogP contribution >= 0.6 is 0 Å². The van der Waals surface area contributed by atoms with Crippen molar-refractivity contribution in [3.63, 3.8) is 0 Å². The average molecular weight is 319 g/mol. The van der Waals surface area contributed by atoms with Crippen LogP contribution in [-0.2, 0) is 16.7 Å². The Morgan fingerprint density at radius 2 is 1.91 bits per heavy atom. The molecule has 2 aliphatic rings. The van der Waals surface area contributed by atoms with Crippen LogP contribution in [0.1, 0.15) is 58.4 Å². The van der Waals surface area contributed by atoms with Crippen LogP contribution in [0.5, 0.6) is 0 Å². The van der Waals surface area contributed by atoms with E-state index >= 15 is 0 Å². The molecule has 0 amide bonds. The molecule has 4 nitrogen and oxygen atoms in total. The lowest BCUT2D eigenvalue weighted by Crippen LogP contribution is -2.53. The van der Waals surface area contributed by atoms with E-state index < -0.39 is 0 Å². The van der Waals surface area contributed by atoms with E-state index in [-0.39, 0.29) is 11.1 Å². The van der Waals surface area contributed by atoms with Gasteiger partial charge < -0.3 is 9.64 Å². The highest BCUT2D eigenvalue weighted by atomic mass is 16.5. The summed E-state index contributed by atoms with van der Waals surface area (Å²) in [6.45, 7) is 10.3. The smallest absolute Gasteiger partial charge is 0.0805 e. The maximum Gasteiger partial charge on any atom is 0.0805 e. The molecule has 1 saturated heterocycles. The predicted molar refractivity (Wildman–Crippen MR) is 93.7 cm³/mol. The lowest BCUT2D eigenvalue weighted by Gasteiger charge is -2.47. The van der Waals surface area contributed by atoms with Gasteiger partial charge in [-0.25, -0.2) is 0 Å². The normalized spacial score (nSPS) is 23.9. The Morgan fingerprint density at radius 1 is 1.22 bits per heavy atom. The standard InChI is InChI=1S/C19H33N3O/c1-16(2)12-17-13-20-22(14-17)18(3)8-10-21(11-9-18)15-19(23-4)6-5-7-19/h13-14,16H,5-12,15H2,1-4H3. The maximum absolute atomic E-state index is 5.79. The summed E-state index contributed by atoms with van der Waals surface area (Å²) in [5.41, 5.74) is 1.70. The summed E-state index contributed by atoms with van der Waals surface area (Å²) in [7, 11) is 1.88. The van der Waals surface area contributed by atoms with E-state index in [1.807, 2.05) is 7.11 Å². The summed E-state index contributed by atoms with van der Waals surface area (Å²) in [6.07, 6.45) is 11.6. The van der Waals surface area contributed by atoms with Crippen molar-refractivity contribution in [1.29, 1.82) is 0 Å². The van der Waals surface area contributed by atoms with Crippen molar-refractivity contribution in [3.8, 4) is 0 Å². The van der Waals surface area contributed by atoms with E-state index in [1.54, 1.807) is 0 Å². The Bertz CT molecular complexity index is 505. The first-order valence-electron chi connectivity index (χ1n) is 9.26. The molecule has 130 valence electrons. The fourth-order valence-corrected chi connectivity index (χ4v) is 4.06. The first-order chi connectivity index (χ1) is 10.9. The third-order valence-electron chi connectivity index (χ3n) is 5.98.